The molecule has 0 spiro atoms. The molecule has 0 aliphatic carbocycles. The predicted molar refractivity (Wildman–Crippen MR) is 139 cm³/mol. The standard InChI is InChI=1S/C27H45NO4.Ca.2H/c29-26(30)22-18-14-12-10-8-6-4-2-1-3-5-7-9-11-13-15-19-23-27(31)32-25-21-17-16-20-24-28-25;;;/h16-17,20-21,24,28H,1-15,18-19,22-23H2,(H,29,30);;;. The summed E-state index contributed by atoms with van der Waals surface area (Å²) in [4.78, 5) is 22.3. The van der Waals surface area contributed by atoms with Crippen molar-refractivity contribution in [3.05, 3.63) is 36.4 Å². The van der Waals surface area contributed by atoms with Gasteiger partial charge in [-0.15, -0.1) is 0 Å². The molecule has 0 aromatic heterocycles. The van der Waals surface area contributed by atoms with E-state index in [0.717, 1.165) is 25.7 Å². The summed E-state index contributed by atoms with van der Waals surface area (Å²) < 4.78 is 5.30. The van der Waals surface area contributed by atoms with Crippen molar-refractivity contribution in [2.24, 2.45) is 0 Å². The molecule has 0 aromatic rings. The fourth-order valence-electron chi connectivity index (χ4n) is 3.88. The Hall–Kier alpha value is -0.780. The number of aliphatic carboxylic acids is 1. The van der Waals surface area contributed by atoms with E-state index < -0.39 is 5.97 Å². The summed E-state index contributed by atoms with van der Waals surface area (Å²) in [6, 6.07) is 0. The molecule has 1 rings (SSSR count). The Bertz CT molecular complexity index is 587. The van der Waals surface area contributed by atoms with E-state index >= 15 is 0 Å². The van der Waals surface area contributed by atoms with Crippen LogP contribution >= 0.6 is 0 Å². The molecule has 1 aliphatic rings. The van der Waals surface area contributed by atoms with E-state index in [4.69, 9.17) is 9.84 Å². The summed E-state index contributed by atoms with van der Waals surface area (Å²) in [5.74, 6) is -0.343. The molecule has 0 bridgehead atoms. The van der Waals surface area contributed by atoms with Crippen LogP contribution in [0.1, 0.15) is 122 Å². The number of carbonyl (C=O) groups is 2. The Morgan fingerprint density at radius 3 is 1.52 bits per heavy atom. The first-order valence-electron chi connectivity index (χ1n) is 12.9. The first kappa shape index (κ1) is 32.2. The zero-order valence-corrected chi connectivity index (χ0v) is 20.0. The SMILES string of the molecule is O=C(O)CCCCCCCCCCCCCCCCCCCC(=O)OC1=CC=CC=CN1.[CaH2]. The molecule has 5 nitrogen and oxygen atoms in total. The number of hydrogen-bond donors (Lipinski definition) is 2. The van der Waals surface area contributed by atoms with Gasteiger partial charge in [0, 0.05) is 19.0 Å². The number of nitrogens with one attached hydrogen (secondary N) is 1. The van der Waals surface area contributed by atoms with Gasteiger partial charge in [-0.05, 0) is 25.0 Å². The number of carboxylic acid groups (broad SMARTS) is 1. The molecule has 1 aliphatic heterocycles. The van der Waals surface area contributed by atoms with Crippen LogP contribution in [-0.2, 0) is 14.3 Å². The summed E-state index contributed by atoms with van der Waals surface area (Å²) in [5, 5.41) is 11.5. The molecule has 33 heavy (non-hydrogen) atoms. The van der Waals surface area contributed by atoms with E-state index in [2.05, 4.69) is 5.32 Å². The number of esters is 1. The summed E-state index contributed by atoms with van der Waals surface area (Å²) in [7, 11) is 0. The van der Waals surface area contributed by atoms with Crippen LogP contribution in [0.4, 0.5) is 0 Å². The Balaban J connectivity index is 0.0000102. The van der Waals surface area contributed by atoms with Crippen molar-refractivity contribution in [3.8, 4) is 0 Å². The molecule has 0 amide bonds. The minimum absolute atomic E-state index is 0. The van der Waals surface area contributed by atoms with Crippen molar-refractivity contribution in [2.45, 2.75) is 122 Å². The number of carbonyl (C=O) groups excluding carboxylic acids is 1. The quantitative estimate of drug-likeness (QED) is 0.108. The average molecular weight is 490 g/mol. The van der Waals surface area contributed by atoms with Crippen molar-refractivity contribution in [1.29, 1.82) is 0 Å². The maximum atomic E-state index is 11.8. The van der Waals surface area contributed by atoms with Crippen LogP contribution in [0.3, 0.4) is 0 Å². The average Bonchev–Trinajstić information content (AvgIpc) is 3.03. The second-order valence-corrected chi connectivity index (χ2v) is 8.80. The Morgan fingerprint density at radius 1 is 0.636 bits per heavy atom. The zero-order chi connectivity index (χ0) is 23.1. The molecule has 0 saturated heterocycles. The van der Waals surface area contributed by atoms with Gasteiger partial charge in [0.05, 0.1) is 0 Å². The van der Waals surface area contributed by atoms with Gasteiger partial charge in [0.1, 0.15) is 0 Å². The van der Waals surface area contributed by atoms with Crippen molar-refractivity contribution >= 4 is 49.7 Å². The van der Waals surface area contributed by atoms with Gasteiger partial charge in [-0.1, -0.05) is 108 Å². The van der Waals surface area contributed by atoms with Crippen LogP contribution in [0.5, 0.6) is 0 Å². The summed E-state index contributed by atoms with van der Waals surface area (Å²) in [5.41, 5.74) is 0. The second-order valence-electron chi connectivity index (χ2n) is 8.80. The molecule has 0 aromatic carbocycles. The van der Waals surface area contributed by atoms with Crippen molar-refractivity contribution in [3.63, 3.8) is 0 Å². The first-order chi connectivity index (χ1) is 15.7. The van der Waals surface area contributed by atoms with Crippen LogP contribution in [0, 0.1) is 0 Å². The molecular weight excluding hydrogens is 442 g/mol. The van der Waals surface area contributed by atoms with Gasteiger partial charge in [-0.25, -0.2) is 0 Å². The predicted octanol–water partition coefficient (Wildman–Crippen LogP) is 6.62. The topological polar surface area (TPSA) is 75.6 Å². The number of ether oxygens (including phenoxy) is 1. The molecular formula is C27H47CaNO4. The Labute approximate surface area is 231 Å². The van der Waals surface area contributed by atoms with Gasteiger partial charge in [-0.3, -0.25) is 9.59 Å². The second kappa shape index (κ2) is 24.3. The third kappa shape index (κ3) is 22.8. The number of unbranched alkanes of at least 4 members (excludes halogenated alkanes) is 16. The van der Waals surface area contributed by atoms with Crippen LogP contribution in [-0.4, -0.2) is 54.8 Å². The van der Waals surface area contributed by atoms with Gasteiger partial charge in [-0.2, -0.15) is 0 Å². The van der Waals surface area contributed by atoms with E-state index in [1.54, 1.807) is 12.3 Å². The zero-order valence-electron chi connectivity index (χ0n) is 20.0. The molecule has 186 valence electrons. The molecule has 2 N–H and O–H groups in total. The van der Waals surface area contributed by atoms with Crippen LogP contribution in [0.2, 0.25) is 0 Å². The van der Waals surface area contributed by atoms with Gasteiger partial charge in [0.2, 0.25) is 5.88 Å². The van der Waals surface area contributed by atoms with Crippen molar-refractivity contribution in [1.82, 2.24) is 5.32 Å². The fourth-order valence-corrected chi connectivity index (χ4v) is 3.88. The van der Waals surface area contributed by atoms with E-state index in [0.29, 0.717) is 18.7 Å². The molecule has 0 fully saturated rings. The van der Waals surface area contributed by atoms with Crippen LogP contribution in [0.25, 0.3) is 0 Å². The first-order valence-corrected chi connectivity index (χ1v) is 12.9. The molecule has 1 heterocycles. The summed E-state index contributed by atoms with van der Waals surface area (Å²) in [6.07, 6.45) is 30.7. The van der Waals surface area contributed by atoms with Gasteiger partial charge in [0.15, 0.2) is 0 Å². The van der Waals surface area contributed by atoms with Crippen LogP contribution in [0.15, 0.2) is 36.4 Å². The molecule has 0 radical (unpaired) electrons. The number of hydrogen-bond acceptors (Lipinski definition) is 4. The van der Waals surface area contributed by atoms with E-state index in [1.807, 2.05) is 18.2 Å². The molecule has 0 saturated carbocycles. The fraction of sp³-hybridized carbons (Fsp3) is 0.704. The Morgan fingerprint density at radius 2 is 1.06 bits per heavy atom. The number of allylic oxidation sites excluding steroid dienone is 4. The molecule has 0 unspecified atom stereocenters. The van der Waals surface area contributed by atoms with Crippen molar-refractivity contribution < 1.29 is 19.4 Å². The van der Waals surface area contributed by atoms with E-state index in [9.17, 15) is 9.59 Å². The molecule has 0 atom stereocenters. The monoisotopic (exact) mass is 489 g/mol. The van der Waals surface area contributed by atoms with E-state index in [1.165, 1.54) is 83.5 Å². The number of rotatable bonds is 21. The Kier molecular flexibility index (Phi) is 23.8. The normalized spacial score (nSPS) is 12.4. The third-order valence-corrected chi connectivity index (χ3v) is 5.79. The van der Waals surface area contributed by atoms with Gasteiger partial charge in [0.25, 0.3) is 0 Å². The summed E-state index contributed by atoms with van der Waals surface area (Å²) in [6.45, 7) is 0. The van der Waals surface area contributed by atoms with Gasteiger partial charge >= 0.3 is 49.7 Å². The van der Waals surface area contributed by atoms with Crippen LogP contribution < -0.4 is 5.32 Å². The third-order valence-electron chi connectivity index (χ3n) is 5.79. The van der Waals surface area contributed by atoms with E-state index in [-0.39, 0.29) is 43.7 Å². The maximum absolute atomic E-state index is 11.8. The molecule has 6 heteroatoms. The summed E-state index contributed by atoms with van der Waals surface area (Å²) >= 11 is 0. The number of carboxylic acids is 1. The van der Waals surface area contributed by atoms with Crippen molar-refractivity contribution in [2.75, 3.05) is 0 Å². The van der Waals surface area contributed by atoms with Gasteiger partial charge < -0.3 is 15.2 Å². The minimum atomic E-state index is -0.670.